The lowest BCUT2D eigenvalue weighted by Crippen LogP contribution is -2.60. The molecule has 0 saturated carbocycles. The van der Waals surface area contributed by atoms with E-state index in [2.05, 4.69) is 11.1 Å². The molecule has 1 atom stereocenters. The van der Waals surface area contributed by atoms with Crippen LogP contribution in [0.2, 0.25) is 0 Å². The third-order valence-electron chi connectivity index (χ3n) is 2.19. The summed E-state index contributed by atoms with van der Waals surface area (Å²) in [5, 5.41) is 2.54. The molecule has 86 valence electrons. The third-order valence-corrected chi connectivity index (χ3v) is 2.19. The number of nitrogens with one attached hydrogen (secondary N) is 1. The number of carbonyl (C=O) groups excluding carboxylic acids is 2. The fraction of sp³-hybridized carbons (Fsp3) is 0.273. The first-order chi connectivity index (χ1) is 7.63. The number of primary amides is 1. The quantitative estimate of drug-likeness (QED) is 0.561. The Morgan fingerprint density at radius 3 is 2.44 bits per heavy atom. The van der Waals surface area contributed by atoms with Gasteiger partial charge in [0.15, 0.2) is 6.54 Å². The molecule has 1 aromatic rings. The normalized spacial score (nSPS) is 11.8. The summed E-state index contributed by atoms with van der Waals surface area (Å²) in [6.07, 6.45) is 0.405. The van der Waals surface area contributed by atoms with E-state index in [-0.39, 0.29) is 12.5 Å². The van der Waals surface area contributed by atoms with Crippen molar-refractivity contribution in [2.45, 2.75) is 12.5 Å². The highest BCUT2D eigenvalue weighted by molar-refractivity contribution is 5.87. The van der Waals surface area contributed by atoms with Crippen LogP contribution in [0.25, 0.3) is 0 Å². The van der Waals surface area contributed by atoms with Crippen molar-refractivity contribution >= 4 is 11.8 Å². The predicted molar refractivity (Wildman–Crippen MR) is 59.0 cm³/mol. The van der Waals surface area contributed by atoms with Gasteiger partial charge in [0.1, 0.15) is 6.04 Å². The molecule has 2 amide bonds. The van der Waals surface area contributed by atoms with E-state index in [0.29, 0.717) is 6.42 Å². The monoisotopic (exact) mass is 222 g/mol. The average Bonchev–Trinajstić information content (AvgIpc) is 2.29. The van der Waals surface area contributed by atoms with Gasteiger partial charge in [-0.2, -0.15) is 0 Å². The Labute approximate surface area is 93.8 Å². The fourth-order valence-corrected chi connectivity index (χ4v) is 1.34. The highest BCUT2D eigenvalue weighted by Crippen LogP contribution is 2.02. The second kappa shape index (κ2) is 5.87. The van der Waals surface area contributed by atoms with Crippen molar-refractivity contribution in [3.05, 3.63) is 35.9 Å². The van der Waals surface area contributed by atoms with Crippen LogP contribution < -0.4 is 16.8 Å². The molecule has 0 aromatic heterocycles. The van der Waals surface area contributed by atoms with Gasteiger partial charge in [0, 0.05) is 6.42 Å². The Hall–Kier alpha value is -1.88. The molecule has 0 fully saturated rings. The zero-order chi connectivity index (χ0) is 12.0. The Kier molecular flexibility index (Phi) is 4.47. The van der Waals surface area contributed by atoms with Crippen LogP contribution in [0.1, 0.15) is 5.56 Å². The summed E-state index contributed by atoms with van der Waals surface area (Å²) in [7, 11) is 0. The minimum atomic E-state index is -0.670. The van der Waals surface area contributed by atoms with Gasteiger partial charge in [-0.1, -0.05) is 30.3 Å². The molecular weight excluding hydrogens is 206 g/mol. The zero-order valence-corrected chi connectivity index (χ0v) is 8.98. The molecule has 5 heteroatoms. The van der Waals surface area contributed by atoms with E-state index in [0.717, 1.165) is 5.56 Å². The fourth-order valence-electron chi connectivity index (χ4n) is 1.34. The van der Waals surface area contributed by atoms with Crippen molar-refractivity contribution in [1.82, 2.24) is 5.32 Å². The van der Waals surface area contributed by atoms with Crippen LogP contribution in [0.15, 0.2) is 30.3 Å². The number of quaternary nitrogens is 1. The first-order valence-electron chi connectivity index (χ1n) is 5.05. The van der Waals surface area contributed by atoms with Crippen LogP contribution in [0.5, 0.6) is 0 Å². The van der Waals surface area contributed by atoms with E-state index in [9.17, 15) is 9.59 Å². The highest BCUT2D eigenvalue weighted by atomic mass is 16.2. The van der Waals surface area contributed by atoms with E-state index in [1.165, 1.54) is 0 Å². The number of benzene rings is 1. The smallest absolute Gasteiger partial charge is 0.275 e. The summed E-state index contributed by atoms with van der Waals surface area (Å²) in [6, 6.07) is 8.72. The maximum Gasteiger partial charge on any atom is 0.275 e. The van der Waals surface area contributed by atoms with Gasteiger partial charge in [0.05, 0.1) is 0 Å². The lowest BCUT2D eigenvalue weighted by molar-refractivity contribution is -0.355. The molecule has 0 aliphatic rings. The van der Waals surface area contributed by atoms with Gasteiger partial charge in [-0.3, -0.25) is 9.59 Å². The maximum atomic E-state index is 11.1. The minimum absolute atomic E-state index is 0.0958. The molecule has 0 aliphatic heterocycles. The van der Waals surface area contributed by atoms with Crippen LogP contribution in [0, 0.1) is 0 Å². The Morgan fingerprint density at radius 1 is 1.31 bits per heavy atom. The summed E-state index contributed by atoms with van der Waals surface area (Å²) in [6.45, 7) is 0.0958. The van der Waals surface area contributed by atoms with Crippen LogP contribution in [0.4, 0.5) is 0 Å². The van der Waals surface area contributed by atoms with Crippen LogP contribution in [-0.4, -0.2) is 24.4 Å². The summed E-state index contributed by atoms with van der Waals surface area (Å²) >= 11 is 0. The molecular formula is C11H16N3O2+. The van der Waals surface area contributed by atoms with Gasteiger partial charge < -0.3 is 16.8 Å². The van der Waals surface area contributed by atoms with E-state index in [1.807, 2.05) is 30.3 Å². The summed E-state index contributed by atoms with van der Waals surface area (Å²) < 4.78 is 0. The van der Waals surface area contributed by atoms with Crippen LogP contribution >= 0.6 is 0 Å². The molecule has 5 nitrogen and oxygen atoms in total. The number of hydrogen-bond acceptors (Lipinski definition) is 2. The van der Waals surface area contributed by atoms with Gasteiger partial charge in [-0.15, -0.1) is 0 Å². The minimum Gasteiger partial charge on any atom is -0.368 e. The topological polar surface area (TPSA) is 99.8 Å². The zero-order valence-electron chi connectivity index (χ0n) is 8.98. The molecule has 0 unspecified atom stereocenters. The molecule has 1 aromatic carbocycles. The number of rotatable bonds is 5. The molecule has 0 bridgehead atoms. The number of hydrogen-bond donors (Lipinski definition) is 3. The van der Waals surface area contributed by atoms with Gasteiger partial charge in [-0.25, -0.2) is 0 Å². The number of amides is 2. The summed E-state index contributed by atoms with van der Waals surface area (Å²) in [4.78, 5) is 22.3. The van der Waals surface area contributed by atoms with Crippen molar-refractivity contribution in [3.63, 3.8) is 0 Å². The predicted octanol–water partition coefficient (Wildman–Crippen LogP) is -1.56. The maximum absolute atomic E-state index is 11.1. The molecule has 1 rings (SSSR count). The first kappa shape index (κ1) is 12.2. The lowest BCUT2D eigenvalue weighted by atomic mass is 10.1. The van der Waals surface area contributed by atoms with Gasteiger partial charge in [0.2, 0.25) is 5.91 Å². The molecule has 0 radical (unpaired) electrons. The van der Waals surface area contributed by atoms with Crippen molar-refractivity contribution < 1.29 is 15.3 Å². The number of nitrogens with two attached hydrogens (primary N) is 1. The van der Waals surface area contributed by atoms with Crippen molar-refractivity contribution in [2.75, 3.05) is 6.54 Å². The highest BCUT2D eigenvalue weighted by Gasteiger charge is 2.18. The van der Waals surface area contributed by atoms with Gasteiger partial charge in [0.25, 0.3) is 5.91 Å². The first-order valence-corrected chi connectivity index (χ1v) is 5.05. The molecule has 0 aliphatic carbocycles. The van der Waals surface area contributed by atoms with E-state index in [1.54, 1.807) is 0 Å². The van der Waals surface area contributed by atoms with Crippen molar-refractivity contribution in [1.29, 1.82) is 0 Å². The second-order valence-corrected chi connectivity index (χ2v) is 3.46. The summed E-state index contributed by atoms with van der Waals surface area (Å²) in [5.74, 6) is -0.814. The molecule has 0 spiro atoms. The van der Waals surface area contributed by atoms with E-state index in [4.69, 9.17) is 5.73 Å². The number of carbonyl (C=O) groups is 2. The summed E-state index contributed by atoms with van der Waals surface area (Å²) in [5.41, 5.74) is 9.61. The Balaban J connectivity index is 2.65. The van der Waals surface area contributed by atoms with Crippen LogP contribution in [0.3, 0.4) is 0 Å². The SMILES string of the molecule is NC(=O)[C@H](Cc1ccccc1)NC(=O)C[NH3+]. The molecule has 0 saturated heterocycles. The average molecular weight is 222 g/mol. The Bertz CT molecular complexity index is 365. The standard InChI is InChI=1S/C11H15N3O2/c12-7-10(15)14-9(11(13)16)6-8-4-2-1-3-5-8/h1-5,9H,6-7,12H2,(H2,13,16)(H,14,15)/p+1/t9-/m0/s1. The second-order valence-electron chi connectivity index (χ2n) is 3.46. The van der Waals surface area contributed by atoms with Crippen LogP contribution in [-0.2, 0) is 16.0 Å². The largest absolute Gasteiger partial charge is 0.368 e. The molecule has 0 heterocycles. The van der Waals surface area contributed by atoms with E-state index >= 15 is 0 Å². The molecule has 16 heavy (non-hydrogen) atoms. The van der Waals surface area contributed by atoms with Gasteiger partial charge in [-0.05, 0) is 5.56 Å². The van der Waals surface area contributed by atoms with Crippen molar-refractivity contribution in [3.8, 4) is 0 Å². The Morgan fingerprint density at radius 2 is 1.94 bits per heavy atom. The molecule has 6 N–H and O–H groups in total. The lowest BCUT2D eigenvalue weighted by Gasteiger charge is -2.14. The van der Waals surface area contributed by atoms with Crippen molar-refractivity contribution in [2.24, 2.45) is 5.73 Å². The third kappa shape index (κ3) is 3.70. The van der Waals surface area contributed by atoms with Gasteiger partial charge >= 0.3 is 0 Å². The van der Waals surface area contributed by atoms with E-state index < -0.39 is 11.9 Å².